The van der Waals surface area contributed by atoms with Gasteiger partial charge in [-0.2, -0.15) is 0 Å². The molecular formula is C21H24N2O5. The highest BCUT2D eigenvalue weighted by molar-refractivity contribution is 5.89. The molecule has 2 atom stereocenters. The van der Waals surface area contributed by atoms with Crippen molar-refractivity contribution in [2.45, 2.75) is 24.9 Å². The summed E-state index contributed by atoms with van der Waals surface area (Å²) < 4.78 is 5.29. The molecule has 3 N–H and O–H groups in total. The second-order valence-electron chi connectivity index (χ2n) is 6.95. The number of rotatable bonds is 4. The number of nitrogens with one attached hydrogen (secondary N) is 1. The van der Waals surface area contributed by atoms with E-state index in [1.807, 2.05) is 6.07 Å². The largest absolute Gasteiger partial charge is 0.497 e. The molecule has 2 unspecified atom stereocenters. The second kappa shape index (κ2) is 8.75. The van der Waals surface area contributed by atoms with Crippen LogP contribution in [0, 0.1) is 0 Å². The average Bonchev–Trinajstić information content (AvgIpc) is 3.03. The second-order valence-corrected chi connectivity index (χ2v) is 6.95. The monoisotopic (exact) mass is 384 g/mol. The fourth-order valence-corrected chi connectivity index (χ4v) is 3.69. The summed E-state index contributed by atoms with van der Waals surface area (Å²) in [5.74, 6) is -1.59. The lowest BCUT2D eigenvalue weighted by atomic mass is 10.1. The molecule has 2 aliphatic rings. The number of carbonyl (C=O) groups is 2. The van der Waals surface area contributed by atoms with Crippen molar-refractivity contribution in [2.75, 3.05) is 25.1 Å². The number of ether oxygens (including phenoxy) is 1. The molecule has 2 saturated heterocycles. The molecule has 0 aromatic heterocycles. The van der Waals surface area contributed by atoms with E-state index in [0.717, 1.165) is 18.8 Å². The van der Waals surface area contributed by atoms with E-state index in [-0.39, 0.29) is 0 Å². The Morgan fingerprint density at radius 3 is 2.14 bits per heavy atom. The van der Waals surface area contributed by atoms with Crippen LogP contribution in [0.5, 0.6) is 5.75 Å². The molecular weight excluding hydrogens is 360 g/mol. The number of piperazine rings is 1. The van der Waals surface area contributed by atoms with E-state index in [4.69, 9.17) is 14.9 Å². The third kappa shape index (κ3) is 5.01. The maximum absolute atomic E-state index is 9.55. The number of anilines is 1. The summed E-state index contributed by atoms with van der Waals surface area (Å²) in [6.45, 7) is 2.27. The van der Waals surface area contributed by atoms with Gasteiger partial charge in [0.15, 0.2) is 0 Å². The van der Waals surface area contributed by atoms with Crippen LogP contribution < -0.4 is 15.0 Å². The van der Waals surface area contributed by atoms with E-state index in [0.29, 0.717) is 24.2 Å². The first-order chi connectivity index (χ1) is 13.4. The van der Waals surface area contributed by atoms with Crippen molar-refractivity contribution >= 4 is 28.4 Å². The van der Waals surface area contributed by atoms with Gasteiger partial charge in [-0.25, -0.2) is 9.59 Å². The minimum absolute atomic E-state index is 0.558. The Labute approximate surface area is 163 Å². The van der Waals surface area contributed by atoms with Crippen LogP contribution >= 0.6 is 0 Å². The smallest absolute Gasteiger partial charge is 0.328 e. The van der Waals surface area contributed by atoms with Crippen molar-refractivity contribution in [3.8, 4) is 5.75 Å². The SMILES string of the molecule is COc1ccc2cc(N3CC4CCC(C3)N4)ccc2c1.O=C(O)/C=C/C(=O)O. The third-order valence-electron chi connectivity index (χ3n) is 4.98. The van der Waals surface area contributed by atoms with Crippen molar-refractivity contribution in [2.24, 2.45) is 0 Å². The van der Waals surface area contributed by atoms with Crippen molar-refractivity contribution in [1.29, 1.82) is 0 Å². The molecule has 148 valence electrons. The zero-order valence-corrected chi connectivity index (χ0v) is 15.7. The van der Waals surface area contributed by atoms with Gasteiger partial charge in [-0.05, 0) is 47.9 Å². The van der Waals surface area contributed by atoms with Crippen LogP contribution in [0.1, 0.15) is 12.8 Å². The molecule has 2 heterocycles. The van der Waals surface area contributed by atoms with Crippen LogP contribution in [0.15, 0.2) is 48.6 Å². The van der Waals surface area contributed by atoms with Gasteiger partial charge in [-0.1, -0.05) is 12.1 Å². The number of nitrogens with zero attached hydrogens (tertiary/aromatic N) is 1. The number of carboxylic acid groups (broad SMARTS) is 2. The molecule has 0 amide bonds. The maximum Gasteiger partial charge on any atom is 0.328 e. The van der Waals surface area contributed by atoms with Gasteiger partial charge in [-0.15, -0.1) is 0 Å². The summed E-state index contributed by atoms with van der Waals surface area (Å²) in [6.07, 6.45) is 3.77. The third-order valence-corrected chi connectivity index (χ3v) is 4.98. The van der Waals surface area contributed by atoms with Gasteiger partial charge in [0, 0.05) is 43.0 Å². The molecule has 28 heavy (non-hydrogen) atoms. The van der Waals surface area contributed by atoms with Crippen LogP contribution in [-0.2, 0) is 9.59 Å². The molecule has 2 fully saturated rings. The van der Waals surface area contributed by atoms with E-state index in [2.05, 4.69) is 40.5 Å². The first kappa shape index (κ1) is 19.7. The van der Waals surface area contributed by atoms with E-state index < -0.39 is 11.9 Å². The quantitative estimate of drug-likeness (QED) is 0.697. The lowest BCUT2D eigenvalue weighted by Crippen LogP contribution is -2.51. The van der Waals surface area contributed by atoms with E-state index in [9.17, 15) is 9.59 Å². The summed E-state index contributed by atoms with van der Waals surface area (Å²) in [6, 6.07) is 14.4. The van der Waals surface area contributed by atoms with Crippen LogP contribution in [0.4, 0.5) is 5.69 Å². The average molecular weight is 384 g/mol. The molecule has 0 spiro atoms. The molecule has 2 bridgehead atoms. The Hall–Kier alpha value is -3.06. The number of hydrogen-bond donors (Lipinski definition) is 3. The number of carboxylic acids is 2. The molecule has 0 radical (unpaired) electrons. The van der Waals surface area contributed by atoms with Gasteiger partial charge in [0.25, 0.3) is 0 Å². The number of benzene rings is 2. The molecule has 2 aliphatic heterocycles. The lowest BCUT2D eigenvalue weighted by Gasteiger charge is -2.34. The molecule has 7 heteroatoms. The Morgan fingerprint density at radius 1 is 1.00 bits per heavy atom. The zero-order valence-electron chi connectivity index (χ0n) is 15.7. The summed E-state index contributed by atoms with van der Waals surface area (Å²) >= 11 is 0. The molecule has 0 saturated carbocycles. The zero-order chi connectivity index (χ0) is 20.1. The van der Waals surface area contributed by atoms with Crippen LogP contribution in [0.25, 0.3) is 10.8 Å². The van der Waals surface area contributed by atoms with Crippen LogP contribution in [-0.4, -0.2) is 54.4 Å². The number of hydrogen-bond acceptors (Lipinski definition) is 5. The predicted octanol–water partition coefficient (Wildman–Crippen LogP) is 2.50. The summed E-state index contributed by atoms with van der Waals surface area (Å²) in [4.78, 5) is 21.6. The van der Waals surface area contributed by atoms with Crippen molar-refractivity contribution in [3.05, 3.63) is 48.6 Å². The van der Waals surface area contributed by atoms with E-state index in [1.165, 1.54) is 29.3 Å². The minimum atomic E-state index is -1.26. The number of methoxy groups -OCH3 is 1. The van der Waals surface area contributed by atoms with Crippen molar-refractivity contribution < 1.29 is 24.5 Å². The van der Waals surface area contributed by atoms with Gasteiger partial charge < -0.3 is 25.2 Å². The van der Waals surface area contributed by atoms with Gasteiger partial charge >= 0.3 is 11.9 Å². The Balaban J connectivity index is 0.000000242. The topological polar surface area (TPSA) is 99.1 Å². The Bertz CT molecular complexity index is 867. The van der Waals surface area contributed by atoms with Gasteiger partial charge in [0.1, 0.15) is 5.75 Å². The van der Waals surface area contributed by atoms with Gasteiger partial charge in [-0.3, -0.25) is 0 Å². The highest BCUT2D eigenvalue weighted by Crippen LogP contribution is 2.29. The van der Waals surface area contributed by atoms with Crippen molar-refractivity contribution in [3.63, 3.8) is 0 Å². The summed E-state index contributed by atoms with van der Waals surface area (Å²) in [5.41, 5.74) is 1.35. The van der Waals surface area contributed by atoms with E-state index >= 15 is 0 Å². The Morgan fingerprint density at radius 2 is 1.57 bits per heavy atom. The summed E-state index contributed by atoms with van der Waals surface area (Å²) in [5, 5.41) is 21.8. The molecule has 2 aromatic rings. The summed E-state index contributed by atoms with van der Waals surface area (Å²) in [7, 11) is 1.71. The normalized spacial score (nSPS) is 20.7. The molecule has 0 aliphatic carbocycles. The maximum atomic E-state index is 9.55. The first-order valence-electron chi connectivity index (χ1n) is 9.17. The predicted molar refractivity (Wildman–Crippen MR) is 107 cm³/mol. The highest BCUT2D eigenvalue weighted by atomic mass is 16.5. The lowest BCUT2D eigenvalue weighted by molar-refractivity contribution is -0.134. The van der Waals surface area contributed by atoms with Crippen molar-refractivity contribution in [1.82, 2.24) is 5.32 Å². The van der Waals surface area contributed by atoms with Gasteiger partial charge in [0.2, 0.25) is 0 Å². The highest BCUT2D eigenvalue weighted by Gasteiger charge is 2.32. The number of fused-ring (bicyclic) bond motifs is 3. The fraction of sp³-hybridized carbons (Fsp3) is 0.333. The van der Waals surface area contributed by atoms with E-state index in [1.54, 1.807) is 7.11 Å². The van der Waals surface area contributed by atoms with Crippen LogP contribution in [0.3, 0.4) is 0 Å². The molecule has 4 rings (SSSR count). The first-order valence-corrected chi connectivity index (χ1v) is 9.17. The molecule has 7 nitrogen and oxygen atoms in total. The van der Waals surface area contributed by atoms with Crippen LogP contribution in [0.2, 0.25) is 0 Å². The Kier molecular flexibility index (Phi) is 6.16. The minimum Gasteiger partial charge on any atom is -0.497 e. The fourth-order valence-electron chi connectivity index (χ4n) is 3.69. The van der Waals surface area contributed by atoms with Gasteiger partial charge in [0.05, 0.1) is 7.11 Å². The standard InChI is InChI=1S/C17H20N2O.C4H4O4/c1-20-17-7-3-12-8-16(6-2-13(12)9-17)19-10-14-4-5-15(11-19)18-14;5-3(6)1-2-4(7)8/h2-3,6-9,14-15,18H,4-5,10-11H2,1H3;1-2H,(H,5,6)(H,7,8)/b;2-1+. The molecule has 2 aromatic carbocycles. The number of aliphatic carboxylic acids is 2.